The molecule has 1 saturated heterocycles. The molecule has 2 nitrogen and oxygen atoms in total. The molecule has 0 radical (unpaired) electrons. The van der Waals surface area contributed by atoms with E-state index in [0.717, 1.165) is 38.9 Å². The third-order valence-corrected chi connectivity index (χ3v) is 6.21. The predicted molar refractivity (Wildman–Crippen MR) is 107 cm³/mol. The number of rotatable bonds is 6. The minimum atomic E-state index is -0.0103. The van der Waals surface area contributed by atoms with Crippen molar-refractivity contribution in [1.29, 1.82) is 0 Å². The van der Waals surface area contributed by atoms with Crippen LogP contribution in [-0.2, 0) is 13.0 Å². The molecule has 3 rings (SSSR count). The van der Waals surface area contributed by atoms with Crippen LogP contribution in [0.25, 0.3) is 0 Å². The smallest absolute Gasteiger partial charge is 0.0502 e. The van der Waals surface area contributed by atoms with Crippen molar-refractivity contribution in [3.63, 3.8) is 0 Å². The van der Waals surface area contributed by atoms with Crippen LogP contribution in [0.3, 0.4) is 0 Å². The first kappa shape index (κ1) is 18.5. The van der Waals surface area contributed by atoms with Crippen molar-refractivity contribution in [1.82, 2.24) is 4.90 Å². The summed E-state index contributed by atoms with van der Waals surface area (Å²) in [7, 11) is 0. The lowest BCUT2D eigenvalue weighted by Gasteiger charge is -2.42. The number of piperidine rings is 1. The maximum atomic E-state index is 10.2. The number of nitrogens with zero attached hydrogens (tertiary/aromatic N) is 1. The van der Waals surface area contributed by atoms with E-state index in [4.69, 9.17) is 0 Å². The minimum Gasteiger partial charge on any atom is -0.396 e. The zero-order valence-electron chi connectivity index (χ0n) is 15.4. The average molecular weight is 356 g/mol. The highest BCUT2D eigenvalue weighted by Gasteiger charge is 2.35. The lowest BCUT2D eigenvalue weighted by Crippen LogP contribution is -2.46. The molecule has 0 spiro atoms. The van der Waals surface area contributed by atoms with Crippen molar-refractivity contribution in [3.05, 3.63) is 65.2 Å². The van der Waals surface area contributed by atoms with Crippen LogP contribution < -0.4 is 0 Å². The Morgan fingerprint density at radius 2 is 1.88 bits per heavy atom. The van der Waals surface area contributed by atoms with Gasteiger partial charge in [0, 0.05) is 23.4 Å². The highest BCUT2D eigenvalue weighted by atomic mass is 32.2. The van der Waals surface area contributed by atoms with E-state index in [2.05, 4.69) is 66.6 Å². The van der Waals surface area contributed by atoms with Crippen molar-refractivity contribution >= 4 is 11.8 Å². The highest BCUT2D eigenvalue weighted by Crippen LogP contribution is 2.34. The molecule has 1 heterocycles. The van der Waals surface area contributed by atoms with Gasteiger partial charge in [-0.3, -0.25) is 4.90 Å². The van der Waals surface area contributed by atoms with Crippen LogP contribution >= 0.6 is 11.8 Å². The quantitative estimate of drug-likeness (QED) is 0.770. The number of hydrogen-bond acceptors (Lipinski definition) is 3. The fraction of sp³-hybridized carbons (Fsp3) is 0.455. The summed E-state index contributed by atoms with van der Waals surface area (Å²) in [5, 5.41) is 10.2. The molecule has 1 N–H and O–H groups in total. The molecule has 1 unspecified atom stereocenters. The molecule has 1 aliphatic rings. The van der Waals surface area contributed by atoms with Gasteiger partial charge in [0.15, 0.2) is 0 Å². The molecule has 1 atom stereocenters. The van der Waals surface area contributed by atoms with Gasteiger partial charge in [-0.15, -0.1) is 11.8 Å². The number of thioether (sulfide) groups is 1. The van der Waals surface area contributed by atoms with E-state index in [1.807, 2.05) is 0 Å². The van der Waals surface area contributed by atoms with Crippen molar-refractivity contribution < 1.29 is 5.11 Å². The van der Waals surface area contributed by atoms with Gasteiger partial charge in [-0.1, -0.05) is 36.4 Å². The van der Waals surface area contributed by atoms with Gasteiger partial charge < -0.3 is 5.11 Å². The fourth-order valence-corrected chi connectivity index (χ4v) is 4.38. The summed E-state index contributed by atoms with van der Waals surface area (Å²) in [6.07, 6.45) is 5.36. The van der Waals surface area contributed by atoms with Crippen molar-refractivity contribution in [2.45, 2.75) is 37.6 Å². The van der Waals surface area contributed by atoms with Crippen LogP contribution in [0.2, 0.25) is 0 Å². The summed E-state index contributed by atoms with van der Waals surface area (Å²) in [4.78, 5) is 3.83. The van der Waals surface area contributed by atoms with E-state index in [9.17, 15) is 5.11 Å². The molecule has 25 heavy (non-hydrogen) atoms. The van der Waals surface area contributed by atoms with Gasteiger partial charge in [-0.25, -0.2) is 0 Å². The molecule has 1 fully saturated rings. The Morgan fingerprint density at radius 3 is 2.56 bits per heavy atom. The Balaban J connectivity index is 1.70. The van der Waals surface area contributed by atoms with Crippen LogP contribution in [0.4, 0.5) is 0 Å². The first-order valence-corrected chi connectivity index (χ1v) is 10.4. The maximum Gasteiger partial charge on any atom is 0.0502 e. The van der Waals surface area contributed by atoms with E-state index in [1.54, 1.807) is 11.8 Å². The molecule has 134 valence electrons. The monoisotopic (exact) mass is 355 g/mol. The van der Waals surface area contributed by atoms with Gasteiger partial charge in [0.25, 0.3) is 0 Å². The van der Waals surface area contributed by atoms with Crippen molar-refractivity contribution in [2.24, 2.45) is 5.41 Å². The van der Waals surface area contributed by atoms with Gasteiger partial charge in [0.05, 0.1) is 6.61 Å². The summed E-state index contributed by atoms with van der Waals surface area (Å²) in [6, 6.07) is 17.5. The second kappa shape index (κ2) is 8.39. The Morgan fingerprint density at radius 1 is 1.12 bits per heavy atom. The zero-order chi connectivity index (χ0) is 17.7. The molecule has 0 bridgehead atoms. The van der Waals surface area contributed by atoms with E-state index in [1.165, 1.54) is 21.6 Å². The van der Waals surface area contributed by atoms with Gasteiger partial charge in [0.2, 0.25) is 0 Å². The van der Waals surface area contributed by atoms with E-state index >= 15 is 0 Å². The van der Waals surface area contributed by atoms with Crippen LogP contribution in [-0.4, -0.2) is 36.0 Å². The summed E-state index contributed by atoms with van der Waals surface area (Å²) in [6.45, 7) is 5.52. The molecule has 3 heteroatoms. The topological polar surface area (TPSA) is 23.5 Å². The summed E-state index contributed by atoms with van der Waals surface area (Å²) in [5.41, 5.74) is 4.06. The molecular formula is C22H29NOS. The van der Waals surface area contributed by atoms with Crippen LogP contribution in [0.15, 0.2) is 53.4 Å². The van der Waals surface area contributed by atoms with Crippen LogP contribution in [0, 0.1) is 12.3 Å². The average Bonchev–Trinajstić information content (AvgIpc) is 2.65. The van der Waals surface area contributed by atoms with Gasteiger partial charge >= 0.3 is 0 Å². The molecule has 1 aliphatic heterocycles. The predicted octanol–water partition coefficient (Wildman–Crippen LogP) is 4.53. The second-order valence-electron chi connectivity index (χ2n) is 7.42. The highest BCUT2D eigenvalue weighted by molar-refractivity contribution is 7.98. The van der Waals surface area contributed by atoms with E-state index < -0.39 is 0 Å². The third-order valence-electron chi connectivity index (χ3n) is 5.47. The second-order valence-corrected chi connectivity index (χ2v) is 8.30. The van der Waals surface area contributed by atoms with Crippen LogP contribution in [0.5, 0.6) is 0 Å². The number of aliphatic hydroxyl groups is 1. The molecule has 0 saturated carbocycles. The van der Waals surface area contributed by atoms with Gasteiger partial charge in [-0.2, -0.15) is 0 Å². The minimum absolute atomic E-state index is 0.0103. The van der Waals surface area contributed by atoms with Crippen molar-refractivity contribution in [2.75, 3.05) is 26.0 Å². The lowest BCUT2D eigenvalue weighted by molar-refractivity contribution is 0.0287. The normalized spacial score (nSPS) is 21.4. The molecule has 0 aliphatic carbocycles. The maximum absolute atomic E-state index is 10.2. The standard InChI is InChI=1S/C22H29NOS/c1-18-6-3-4-7-20(18)14-22(17-24)12-5-13-23(16-22)15-19-8-10-21(25-2)11-9-19/h3-4,6-11,24H,5,12-17H2,1-2H3. The van der Waals surface area contributed by atoms with E-state index in [-0.39, 0.29) is 12.0 Å². The summed E-state index contributed by atoms with van der Waals surface area (Å²) < 4.78 is 0. The van der Waals surface area contributed by atoms with Gasteiger partial charge in [0.1, 0.15) is 0 Å². The third kappa shape index (κ3) is 4.66. The molecule has 0 amide bonds. The molecule has 2 aromatic rings. The number of aryl methyl sites for hydroxylation is 1. The number of benzene rings is 2. The zero-order valence-corrected chi connectivity index (χ0v) is 16.2. The number of likely N-dealkylation sites (tertiary alicyclic amines) is 1. The number of hydrogen-bond donors (Lipinski definition) is 1. The molecule has 0 aromatic heterocycles. The van der Waals surface area contributed by atoms with Gasteiger partial charge in [-0.05, 0) is 67.8 Å². The summed E-state index contributed by atoms with van der Waals surface area (Å²) in [5.74, 6) is 0. The lowest BCUT2D eigenvalue weighted by atomic mass is 9.75. The molecular weight excluding hydrogens is 326 g/mol. The van der Waals surface area contributed by atoms with E-state index in [0.29, 0.717) is 0 Å². The Hall–Kier alpha value is -1.29. The fourth-order valence-electron chi connectivity index (χ4n) is 3.98. The van der Waals surface area contributed by atoms with Crippen molar-refractivity contribution in [3.8, 4) is 0 Å². The SMILES string of the molecule is CSc1ccc(CN2CCCC(CO)(Cc3ccccc3C)C2)cc1. The largest absolute Gasteiger partial charge is 0.396 e. The Bertz CT molecular complexity index is 685. The Labute approximate surface area is 156 Å². The first-order valence-electron chi connectivity index (χ1n) is 9.15. The first-order chi connectivity index (χ1) is 12.1. The Kier molecular flexibility index (Phi) is 6.21. The van der Waals surface area contributed by atoms with Crippen LogP contribution in [0.1, 0.15) is 29.5 Å². The summed E-state index contributed by atoms with van der Waals surface area (Å²) >= 11 is 1.78. The molecule has 2 aromatic carbocycles. The number of aliphatic hydroxyl groups excluding tert-OH is 1.